The van der Waals surface area contributed by atoms with E-state index < -0.39 is 43.5 Å². The fourth-order valence-electron chi connectivity index (χ4n) is 3.61. The average Bonchev–Trinajstić information content (AvgIpc) is 3.39. The van der Waals surface area contributed by atoms with Crippen LogP contribution in [-0.2, 0) is 34.7 Å². The van der Waals surface area contributed by atoms with Gasteiger partial charge >= 0.3 is 19.4 Å². The molecule has 2 aromatic carbocycles. The van der Waals surface area contributed by atoms with Gasteiger partial charge in [-0.3, -0.25) is 23.7 Å². The first-order valence-electron chi connectivity index (χ1n) is 12.2. The molecule has 0 radical (unpaired) electrons. The number of hydrogen-bond acceptors (Lipinski definition) is 9. The van der Waals surface area contributed by atoms with E-state index in [9.17, 15) is 18.9 Å². The van der Waals surface area contributed by atoms with Crippen molar-refractivity contribution in [2.45, 2.75) is 45.9 Å². The van der Waals surface area contributed by atoms with Gasteiger partial charge in [0.15, 0.2) is 12.5 Å². The van der Waals surface area contributed by atoms with E-state index in [1.807, 2.05) is 37.3 Å². The molecule has 2 N–H and O–H groups in total. The van der Waals surface area contributed by atoms with E-state index in [0.29, 0.717) is 5.56 Å². The first-order valence-corrected chi connectivity index (χ1v) is 13.7. The molecule has 1 aromatic heterocycles. The first-order chi connectivity index (χ1) is 18.6. The summed E-state index contributed by atoms with van der Waals surface area (Å²) >= 11 is 0. The van der Waals surface area contributed by atoms with Crippen molar-refractivity contribution >= 4 is 13.7 Å². The molecular weight excluding hydrogens is 529 g/mol. The second kappa shape index (κ2) is 12.5. The molecule has 0 bridgehead atoms. The standard InChI is InChI=1S/C26H30N3O9P/c1-17-9-11-21(12-10-17)38-39(33,28-19(3)25(31)35-14-20-7-5-4-6-8-20)36-16-23-34-15-22(37-23)29-13-18(2)24(30)27-26(29)32/h4-13,19,22-23H,14-16H2,1-3H3,(H,28,33)(H,27,30,32)/t19?,22-,23-,39?/m1/s1. The van der Waals surface area contributed by atoms with Crippen LogP contribution in [-0.4, -0.2) is 41.1 Å². The van der Waals surface area contributed by atoms with Gasteiger partial charge in [0.05, 0.1) is 6.61 Å². The molecule has 39 heavy (non-hydrogen) atoms. The fourth-order valence-corrected chi connectivity index (χ4v) is 5.08. The number of carbonyl (C=O) groups excluding carboxylic acids is 1. The first kappa shape index (κ1) is 28.5. The summed E-state index contributed by atoms with van der Waals surface area (Å²) in [5.74, 6) is -0.404. The van der Waals surface area contributed by atoms with Crippen molar-refractivity contribution in [3.8, 4) is 5.75 Å². The lowest BCUT2D eigenvalue weighted by molar-refractivity contribution is -0.146. The predicted octanol–water partition coefficient (Wildman–Crippen LogP) is 2.95. The minimum atomic E-state index is -4.16. The quantitative estimate of drug-likeness (QED) is 0.265. The second-order valence-corrected chi connectivity index (χ2v) is 10.7. The molecule has 4 rings (SSSR count). The fraction of sp³-hybridized carbons (Fsp3) is 0.346. The highest BCUT2D eigenvalue weighted by molar-refractivity contribution is 7.52. The van der Waals surface area contributed by atoms with Gasteiger partial charge in [0.25, 0.3) is 5.56 Å². The number of carbonyl (C=O) groups is 1. The lowest BCUT2D eigenvalue weighted by atomic mass is 10.2. The molecule has 2 heterocycles. The molecule has 12 nitrogen and oxygen atoms in total. The molecule has 0 amide bonds. The Morgan fingerprint density at radius 2 is 1.87 bits per heavy atom. The molecule has 3 aromatic rings. The van der Waals surface area contributed by atoms with Crippen LogP contribution in [0.2, 0.25) is 0 Å². The van der Waals surface area contributed by atoms with Crippen molar-refractivity contribution in [3.63, 3.8) is 0 Å². The largest absolute Gasteiger partial charge is 0.460 e. The van der Waals surface area contributed by atoms with Crippen LogP contribution in [0.25, 0.3) is 0 Å². The normalized spacial score (nSPS) is 19.3. The van der Waals surface area contributed by atoms with E-state index in [2.05, 4.69) is 10.1 Å². The second-order valence-electron chi connectivity index (χ2n) is 8.97. The molecule has 1 fully saturated rings. The number of esters is 1. The lowest BCUT2D eigenvalue weighted by Crippen LogP contribution is -2.36. The lowest BCUT2D eigenvalue weighted by Gasteiger charge is -2.24. The molecule has 13 heteroatoms. The number of nitrogens with one attached hydrogen (secondary N) is 2. The third-order valence-electron chi connectivity index (χ3n) is 5.75. The number of ether oxygens (including phenoxy) is 3. The van der Waals surface area contributed by atoms with Crippen molar-refractivity contribution < 1.29 is 32.6 Å². The van der Waals surface area contributed by atoms with Gasteiger partial charge in [-0.15, -0.1) is 0 Å². The van der Waals surface area contributed by atoms with Crippen LogP contribution in [0.1, 0.15) is 29.8 Å². The summed E-state index contributed by atoms with van der Waals surface area (Å²) < 4.78 is 42.8. The number of rotatable bonds is 11. The Morgan fingerprint density at radius 1 is 1.15 bits per heavy atom. The minimum absolute atomic E-state index is 0.0157. The van der Waals surface area contributed by atoms with Gasteiger partial charge in [-0.05, 0) is 38.5 Å². The monoisotopic (exact) mass is 559 g/mol. The van der Waals surface area contributed by atoms with Crippen molar-refractivity contribution in [1.82, 2.24) is 14.6 Å². The van der Waals surface area contributed by atoms with Crippen LogP contribution in [0.4, 0.5) is 0 Å². The molecule has 0 spiro atoms. The maximum absolute atomic E-state index is 13.7. The molecule has 208 valence electrons. The van der Waals surface area contributed by atoms with E-state index in [1.165, 1.54) is 17.7 Å². The summed E-state index contributed by atoms with van der Waals surface area (Å²) in [7, 11) is -4.16. The highest BCUT2D eigenvalue weighted by atomic mass is 31.2. The molecule has 4 atom stereocenters. The average molecular weight is 560 g/mol. The third kappa shape index (κ3) is 7.75. The zero-order valence-electron chi connectivity index (χ0n) is 21.7. The Balaban J connectivity index is 1.41. The van der Waals surface area contributed by atoms with Crippen molar-refractivity contribution in [2.75, 3.05) is 13.2 Å². The van der Waals surface area contributed by atoms with Crippen LogP contribution in [0.5, 0.6) is 5.75 Å². The number of nitrogens with zero attached hydrogens (tertiary/aromatic N) is 1. The van der Waals surface area contributed by atoms with Gasteiger partial charge in [-0.2, -0.15) is 5.09 Å². The van der Waals surface area contributed by atoms with Gasteiger partial charge in [-0.25, -0.2) is 9.36 Å². The minimum Gasteiger partial charge on any atom is -0.460 e. The molecule has 1 aliphatic heterocycles. The SMILES string of the molecule is Cc1ccc(OP(=O)(NC(C)C(=O)OCc2ccccc2)OC[C@@H]2OC[C@H](n3cc(C)c(=O)[nH]c3=O)O2)cc1. The Labute approximate surface area is 224 Å². The third-order valence-corrected chi connectivity index (χ3v) is 7.39. The summed E-state index contributed by atoms with van der Waals surface area (Å²) in [6, 6.07) is 14.9. The van der Waals surface area contributed by atoms with E-state index >= 15 is 0 Å². The highest BCUT2D eigenvalue weighted by Crippen LogP contribution is 2.45. The molecule has 2 unspecified atom stereocenters. The Morgan fingerprint density at radius 3 is 2.59 bits per heavy atom. The van der Waals surface area contributed by atoms with E-state index in [-0.39, 0.29) is 25.6 Å². The molecular formula is C26H30N3O9P. The van der Waals surface area contributed by atoms with Gasteiger partial charge in [0.2, 0.25) is 0 Å². The summed E-state index contributed by atoms with van der Waals surface area (Å²) in [5.41, 5.74) is 0.947. The zero-order valence-corrected chi connectivity index (χ0v) is 22.6. The van der Waals surface area contributed by atoms with E-state index in [1.54, 1.807) is 31.2 Å². The summed E-state index contributed by atoms with van der Waals surface area (Å²) in [5, 5.41) is 2.61. The number of aryl methyl sites for hydroxylation is 2. The van der Waals surface area contributed by atoms with Crippen LogP contribution in [0.15, 0.2) is 70.4 Å². The number of hydrogen-bond donors (Lipinski definition) is 2. The molecule has 0 saturated carbocycles. The zero-order chi connectivity index (χ0) is 28.0. The van der Waals surface area contributed by atoms with Crippen molar-refractivity contribution in [3.05, 3.63) is 98.3 Å². The smallest absolute Gasteiger partial charge is 0.459 e. The summed E-state index contributed by atoms with van der Waals surface area (Å²) in [6.45, 7) is 4.61. The Kier molecular flexibility index (Phi) is 9.16. The molecule has 0 aliphatic carbocycles. The van der Waals surface area contributed by atoms with Crippen molar-refractivity contribution in [2.24, 2.45) is 0 Å². The number of aromatic nitrogens is 2. The summed E-state index contributed by atoms with van der Waals surface area (Å²) in [4.78, 5) is 38.7. The topological polar surface area (TPSA) is 147 Å². The maximum atomic E-state index is 13.7. The molecule has 1 aliphatic rings. The summed E-state index contributed by atoms with van der Waals surface area (Å²) in [6.07, 6.45) is -0.473. The van der Waals surface area contributed by atoms with Gasteiger partial charge in [0.1, 0.15) is 25.0 Å². The van der Waals surface area contributed by atoms with Crippen LogP contribution < -0.4 is 20.9 Å². The van der Waals surface area contributed by atoms with E-state index in [4.69, 9.17) is 23.3 Å². The maximum Gasteiger partial charge on any atom is 0.459 e. The highest BCUT2D eigenvalue weighted by Gasteiger charge is 2.36. The van der Waals surface area contributed by atoms with Gasteiger partial charge in [-0.1, -0.05) is 48.0 Å². The van der Waals surface area contributed by atoms with E-state index in [0.717, 1.165) is 11.1 Å². The predicted molar refractivity (Wildman–Crippen MR) is 140 cm³/mol. The number of benzene rings is 2. The van der Waals surface area contributed by atoms with Crippen molar-refractivity contribution in [1.29, 1.82) is 0 Å². The van der Waals surface area contributed by atoms with Crippen LogP contribution in [0, 0.1) is 13.8 Å². The number of aromatic amines is 1. The van der Waals surface area contributed by atoms with Gasteiger partial charge in [0, 0.05) is 11.8 Å². The molecule has 1 saturated heterocycles. The van der Waals surface area contributed by atoms with Crippen LogP contribution in [0.3, 0.4) is 0 Å². The Hall–Kier alpha value is -3.54. The number of H-pyrrole nitrogens is 1. The van der Waals surface area contributed by atoms with Gasteiger partial charge < -0.3 is 18.7 Å². The van der Waals surface area contributed by atoms with Crippen LogP contribution >= 0.6 is 7.75 Å². The Bertz CT molecular complexity index is 1440.